The zero-order valence-corrected chi connectivity index (χ0v) is 8.14. The lowest BCUT2D eigenvalue weighted by atomic mass is 10.2. The van der Waals surface area contributed by atoms with Gasteiger partial charge < -0.3 is 5.73 Å². The molecule has 0 spiro atoms. The van der Waals surface area contributed by atoms with Crippen molar-refractivity contribution in [2.24, 2.45) is 0 Å². The fraction of sp³-hybridized carbons (Fsp3) is 0. The molecule has 1 aromatic carbocycles. The molecule has 68 valence electrons. The first-order chi connectivity index (χ1) is 5.75. The van der Waals surface area contributed by atoms with E-state index < -0.39 is 0 Å². The number of nitrogen functional groups attached to an aromatic ring is 1. The predicted molar refractivity (Wildman–Crippen MR) is 56.2 cm³/mol. The number of halogens is 2. The van der Waals surface area contributed by atoms with E-state index in [0.29, 0.717) is 5.02 Å². The third-order valence-electron chi connectivity index (χ3n) is 1.56. The van der Waals surface area contributed by atoms with Crippen LogP contribution in [-0.2, 0) is 0 Å². The van der Waals surface area contributed by atoms with Crippen molar-refractivity contribution >= 4 is 40.9 Å². The van der Waals surface area contributed by atoms with Crippen LogP contribution in [-0.4, -0.2) is 9.97 Å². The minimum Gasteiger partial charge on any atom is -0.368 e. The van der Waals surface area contributed by atoms with Gasteiger partial charge in [0.1, 0.15) is 0 Å². The Morgan fingerprint density at radius 3 is 2.85 bits per heavy atom. The molecule has 0 fully saturated rings. The quantitative estimate of drug-likeness (QED) is 0.734. The molecule has 1 heterocycles. The van der Waals surface area contributed by atoms with Gasteiger partial charge in [0.2, 0.25) is 5.95 Å². The lowest BCUT2D eigenvalue weighted by Crippen LogP contribution is -1.93. The Balaban J connectivity index is 0.000000845. The molecule has 13 heavy (non-hydrogen) atoms. The van der Waals surface area contributed by atoms with Gasteiger partial charge in [0, 0.05) is 16.6 Å². The Morgan fingerprint density at radius 2 is 2.08 bits per heavy atom. The highest BCUT2D eigenvalue weighted by Crippen LogP contribution is 2.16. The maximum atomic E-state index is 5.77. The van der Waals surface area contributed by atoms with Crippen molar-refractivity contribution < 1.29 is 0 Å². The van der Waals surface area contributed by atoms with Crippen LogP contribution < -0.4 is 5.73 Å². The van der Waals surface area contributed by atoms with Crippen LogP contribution >= 0.6 is 24.0 Å². The number of rotatable bonds is 0. The van der Waals surface area contributed by atoms with Crippen molar-refractivity contribution in [3.05, 3.63) is 29.4 Å². The molecule has 2 rings (SSSR count). The molecule has 0 amide bonds. The normalized spacial score (nSPS) is 9.62. The Kier molecular flexibility index (Phi) is 2.90. The summed E-state index contributed by atoms with van der Waals surface area (Å²) in [5.41, 5.74) is 6.22. The number of hydrogen-bond acceptors (Lipinski definition) is 3. The van der Waals surface area contributed by atoms with Crippen LogP contribution in [0.5, 0.6) is 0 Å². The molecular formula is C8H7Cl2N3. The van der Waals surface area contributed by atoms with Gasteiger partial charge in [0.25, 0.3) is 0 Å². The van der Waals surface area contributed by atoms with Crippen molar-refractivity contribution in [3.8, 4) is 0 Å². The molecule has 0 aliphatic heterocycles. The second-order valence-corrected chi connectivity index (χ2v) is 2.87. The summed E-state index contributed by atoms with van der Waals surface area (Å²) in [6.07, 6.45) is 1.66. The average Bonchev–Trinajstić information content (AvgIpc) is 2.05. The average molecular weight is 216 g/mol. The summed E-state index contributed by atoms with van der Waals surface area (Å²) in [6.45, 7) is 0. The Bertz CT molecular complexity index is 389. The van der Waals surface area contributed by atoms with Crippen molar-refractivity contribution in [1.29, 1.82) is 0 Å². The highest BCUT2D eigenvalue weighted by atomic mass is 35.5. The number of nitrogens with two attached hydrogens (primary N) is 1. The van der Waals surface area contributed by atoms with Crippen LogP contribution in [0.2, 0.25) is 5.02 Å². The number of aromatic nitrogens is 2. The number of fused-ring (bicyclic) bond motifs is 1. The number of hydrogen-bond donors (Lipinski definition) is 1. The van der Waals surface area contributed by atoms with E-state index in [0.717, 1.165) is 10.9 Å². The Labute approximate surface area is 86.3 Å². The van der Waals surface area contributed by atoms with Crippen molar-refractivity contribution in [3.63, 3.8) is 0 Å². The Hall–Kier alpha value is -1.06. The number of benzene rings is 1. The summed E-state index contributed by atoms with van der Waals surface area (Å²) >= 11 is 5.77. The molecule has 2 N–H and O–H groups in total. The van der Waals surface area contributed by atoms with E-state index in [1.165, 1.54) is 0 Å². The van der Waals surface area contributed by atoms with Crippen molar-refractivity contribution in [2.75, 3.05) is 5.73 Å². The van der Waals surface area contributed by atoms with Crippen LogP contribution in [0, 0.1) is 0 Å². The second kappa shape index (κ2) is 3.77. The fourth-order valence-corrected chi connectivity index (χ4v) is 1.20. The van der Waals surface area contributed by atoms with Gasteiger partial charge in [-0.05, 0) is 18.2 Å². The summed E-state index contributed by atoms with van der Waals surface area (Å²) in [6, 6.07) is 5.39. The Morgan fingerprint density at radius 1 is 1.31 bits per heavy atom. The molecule has 0 unspecified atom stereocenters. The van der Waals surface area contributed by atoms with Gasteiger partial charge in [-0.25, -0.2) is 9.97 Å². The lowest BCUT2D eigenvalue weighted by molar-refractivity contribution is 1.24. The van der Waals surface area contributed by atoms with Gasteiger partial charge in [0.05, 0.1) is 5.52 Å². The van der Waals surface area contributed by atoms with Crippen LogP contribution in [0.1, 0.15) is 0 Å². The van der Waals surface area contributed by atoms with Crippen LogP contribution in [0.3, 0.4) is 0 Å². The van der Waals surface area contributed by atoms with Crippen LogP contribution in [0.4, 0.5) is 5.95 Å². The minimum atomic E-state index is 0. The lowest BCUT2D eigenvalue weighted by Gasteiger charge is -1.97. The standard InChI is InChI=1S/C8H6ClN3.ClH/c9-6-1-2-7-5(3-6)4-11-8(10)12-7;/h1-4H,(H2,10,11,12);1H. The molecule has 2 aromatic rings. The van der Waals surface area contributed by atoms with Crippen LogP contribution in [0.25, 0.3) is 10.9 Å². The predicted octanol–water partition coefficient (Wildman–Crippen LogP) is 2.29. The largest absolute Gasteiger partial charge is 0.368 e. The molecule has 0 saturated carbocycles. The van der Waals surface area contributed by atoms with E-state index in [1.54, 1.807) is 18.3 Å². The van der Waals surface area contributed by atoms with E-state index >= 15 is 0 Å². The first-order valence-corrected chi connectivity index (χ1v) is 3.81. The topological polar surface area (TPSA) is 51.8 Å². The van der Waals surface area contributed by atoms with Gasteiger partial charge in [-0.1, -0.05) is 11.6 Å². The SMILES string of the molecule is Cl.Nc1ncc2cc(Cl)ccc2n1. The first kappa shape index (κ1) is 10.0. The summed E-state index contributed by atoms with van der Waals surface area (Å²) < 4.78 is 0. The third-order valence-corrected chi connectivity index (χ3v) is 1.80. The summed E-state index contributed by atoms with van der Waals surface area (Å²) in [7, 11) is 0. The minimum absolute atomic E-state index is 0. The van der Waals surface area contributed by atoms with Gasteiger partial charge >= 0.3 is 0 Å². The number of anilines is 1. The molecule has 1 aromatic heterocycles. The van der Waals surface area contributed by atoms with Crippen LogP contribution in [0.15, 0.2) is 24.4 Å². The van der Waals surface area contributed by atoms with Gasteiger partial charge in [-0.3, -0.25) is 0 Å². The zero-order chi connectivity index (χ0) is 8.55. The van der Waals surface area contributed by atoms with Gasteiger partial charge in [-0.2, -0.15) is 0 Å². The van der Waals surface area contributed by atoms with Gasteiger partial charge in [0.15, 0.2) is 0 Å². The third kappa shape index (κ3) is 1.99. The smallest absolute Gasteiger partial charge is 0.220 e. The van der Waals surface area contributed by atoms with E-state index in [4.69, 9.17) is 17.3 Å². The first-order valence-electron chi connectivity index (χ1n) is 3.43. The second-order valence-electron chi connectivity index (χ2n) is 2.43. The van der Waals surface area contributed by atoms with E-state index in [-0.39, 0.29) is 18.4 Å². The van der Waals surface area contributed by atoms with E-state index in [2.05, 4.69) is 9.97 Å². The molecule has 3 nitrogen and oxygen atoms in total. The molecule has 5 heteroatoms. The molecule has 0 saturated heterocycles. The molecule has 0 bridgehead atoms. The molecule has 0 radical (unpaired) electrons. The van der Waals surface area contributed by atoms with E-state index in [9.17, 15) is 0 Å². The number of nitrogens with zero attached hydrogens (tertiary/aromatic N) is 2. The summed E-state index contributed by atoms with van der Waals surface area (Å²) in [4.78, 5) is 7.88. The van der Waals surface area contributed by atoms with E-state index in [1.807, 2.05) is 6.07 Å². The highest BCUT2D eigenvalue weighted by Gasteiger charge is 1.96. The zero-order valence-electron chi connectivity index (χ0n) is 6.57. The molecule has 0 aliphatic carbocycles. The molecule has 0 aliphatic rings. The summed E-state index contributed by atoms with van der Waals surface area (Å²) in [5.74, 6) is 0.282. The monoisotopic (exact) mass is 215 g/mol. The highest BCUT2D eigenvalue weighted by molar-refractivity contribution is 6.31. The summed E-state index contributed by atoms with van der Waals surface area (Å²) in [5, 5.41) is 1.58. The maximum absolute atomic E-state index is 5.77. The maximum Gasteiger partial charge on any atom is 0.220 e. The van der Waals surface area contributed by atoms with Crippen molar-refractivity contribution in [1.82, 2.24) is 9.97 Å². The fourth-order valence-electron chi connectivity index (χ4n) is 1.02. The molecular weight excluding hydrogens is 209 g/mol. The van der Waals surface area contributed by atoms with Gasteiger partial charge in [-0.15, -0.1) is 12.4 Å². The molecule has 0 atom stereocenters. The van der Waals surface area contributed by atoms with Crippen molar-refractivity contribution in [2.45, 2.75) is 0 Å².